The third-order valence-corrected chi connectivity index (χ3v) is 4.91. The molecule has 5 heteroatoms. The number of hydrogen-bond acceptors (Lipinski definition) is 5. The van der Waals surface area contributed by atoms with E-state index >= 15 is 0 Å². The molecule has 2 unspecified atom stereocenters. The average Bonchev–Trinajstić information content (AvgIpc) is 2.72. The lowest BCUT2D eigenvalue weighted by atomic mass is 9.88. The number of benzene rings is 2. The van der Waals surface area contributed by atoms with Crippen LogP contribution >= 0.6 is 0 Å². The van der Waals surface area contributed by atoms with Gasteiger partial charge in [0, 0.05) is 24.4 Å². The molecule has 5 nitrogen and oxygen atoms in total. The molecule has 1 fully saturated rings. The second kappa shape index (κ2) is 10.3. The molecule has 1 saturated heterocycles. The zero-order valence-corrected chi connectivity index (χ0v) is 15.9. The van der Waals surface area contributed by atoms with Gasteiger partial charge in [-0.05, 0) is 36.7 Å². The van der Waals surface area contributed by atoms with E-state index in [1.54, 1.807) is 7.11 Å². The monoisotopic (exact) mass is 371 g/mol. The van der Waals surface area contributed by atoms with Crippen LogP contribution in [0.1, 0.15) is 29.9 Å². The summed E-state index contributed by atoms with van der Waals surface area (Å²) in [7, 11) is 1.67. The van der Waals surface area contributed by atoms with Crippen LogP contribution in [0.3, 0.4) is 0 Å². The molecule has 2 atom stereocenters. The second-order valence-corrected chi connectivity index (χ2v) is 6.80. The summed E-state index contributed by atoms with van der Waals surface area (Å²) in [5.74, 6) is 1.92. The number of aliphatic hydroxyl groups is 1. The van der Waals surface area contributed by atoms with Gasteiger partial charge in [0.05, 0.1) is 33.0 Å². The molecule has 0 saturated carbocycles. The van der Waals surface area contributed by atoms with E-state index in [2.05, 4.69) is 17.4 Å². The fraction of sp³-hybridized carbons (Fsp3) is 0.455. The van der Waals surface area contributed by atoms with Crippen molar-refractivity contribution in [3.63, 3.8) is 0 Å². The number of nitrogens with one attached hydrogen (secondary N) is 1. The van der Waals surface area contributed by atoms with Crippen molar-refractivity contribution in [1.82, 2.24) is 5.32 Å². The summed E-state index contributed by atoms with van der Waals surface area (Å²) in [5, 5.41) is 13.3. The average molecular weight is 371 g/mol. The zero-order chi connectivity index (χ0) is 18.9. The van der Waals surface area contributed by atoms with Gasteiger partial charge in [0.2, 0.25) is 0 Å². The molecule has 0 aliphatic carbocycles. The van der Waals surface area contributed by atoms with Crippen LogP contribution in [0.15, 0.2) is 48.5 Å². The van der Waals surface area contributed by atoms with Gasteiger partial charge in [0.15, 0.2) is 0 Å². The van der Waals surface area contributed by atoms with Crippen LogP contribution < -0.4 is 14.8 Å². The van der Waals surface area contributed by atoms with E-state index in [1.807, 2.05) is 36.4 Å². The summed E-state index contributed by atoms with van der Waals surface area (Å²) in [6.07, 6.45) is 1.47. The smallest absolute Gasteiger partial charge is 0.124 e. The molecule has 0 amide bonds. The van der Waals surface area contributed by atoms with Gasteiger partial charge in [-0.1, -0.05) is 30.3 Å². The van der Waals surface area contributed by atoms with E-state index in [0.717, 1.165) is 36.4 Å². The maximum Gasteiger partial charge on any atom is 0.124 e. The van der Waals surface area contributed by atoms with Crippen molar-refractivity contribution in [2.75, 3.05) is 33.4 Å². The molecule has 2 aromatic rings. The third-order valence-electron chi connectivity index (χ3n) is 4.91. The Morgan fingerprint density at radius 1 is 1.07 bits per heavy atom. The van der Waals surface area contributed by atoms with Gasteiger partial charge in [-0.2, -0.15) is 0 Å². The van der Waals surface area contributed by atoms with Crippen molar-refractivity contribution in [3.05, 3.63) is 59.7 Å². The van der Waals surface area contributed by atoms with Crippen LogP contribution in [-0.4, -0.2) is 44.6 Å². The molecule has 27 heavy (non-hydrogen) atoms. The molecular formula is C22H29NO4. The minimum absolute atomic E-state index is 0.212. The minimum atomic E-state index is -0.314. The third kappa shape index (κ3) is 5.70. The maximum atomic E-state index is 10.1. The number of rotatable bonds is 9. The summed E-state index contributed by atoms with van der Waals surface area (Å²) < 4.78 is 16.8. The first kappa shape index (κ1) is 19.7. The molecular weight excluding hydrogens is 342 g/mol. The van der Waals surface area contributed by atoms with E-state index < -0.39 is 0 Å². The first-order valence-corrected chi connectivity index (χ1v) is 9.59. The Morgan fingerprint density at radius 2 is 1.89 bits per heavy atom. The fourth-order valence-corrected chi connectivity index (χ4v) is 3.40. The number of ether oxygens (including phenoxy) is 3. The van der Waals surface area contributed by atoms with Crippen LogP contribution in [0.25, 0.3) is 0 Å². The Kier molecular flexibility index (Phi) is 7.51. The lowest BCUT2D eigenvalue weighted by molar-refractivity contribution is 0.105. The molecule has 1 heterocycles. The molecule has 1 aliphatic rings. The number of hydrogen-bond donors (Lipinski definition) is 2. The van der Waals surface area contributed by atoms with Gasteiger partial charge in [0.25, 0.3) is 0 Å². The SMILES string of the molecule is COc1ccccc1COCCCOc1ccc(C2CCNCC2O)cc1. The predicted molar refractivity (Wildman–Crippen MR) is 105 cm³/mol. The fourth-order valence-electron chi connectivity index (χ4n) is 3.40. The lowest BCUT2D eigenvalue weighted by Crippen LogP contribution is -2.39. The lowest BCUT2D eigenvalue weighted by Gasteiger charge is -2.28. The van der Waals surface area contributed by atoms with E-state index in [-0.39, 0.29) is 12.0 Å². The van der Waals surface area contributed by atoms with Crippen LogP contribution in [0.4, 0.5) is 0 Å². The summed E-state index contributed by atoms with van der Waals surface area (Å²) in [6, 6.07) is 16.0. The van der Waals surface area contributed by atoms with Gasteiger partial charge < -0.3 is 24.6 Å². The van der Waals surface area contributed by atoms with Crippen LogP contribution in [0.2, 0.25) is 0 Å². The topological polar surface area (TPSA) is 60.0 Å². The zero-order valence-electron chi connectivity index (χ0n) is 15.9. The normalized spacial score (nSPS) is 19.6. The quantitative estimate of drug-likeness (QED) is 0.663. The van der Waals surface area contributed by atoms with Gasteiger partial charge in [-0.3, -0.25) is 0 Å². The van der Waals surface area contributed by atoms with Crippen LogP contribution in [0.5, 0.6) is 11.5 Å². The van der Waals surface area contributed by atoms with E-state index in [9.17, 15) is 5.11 Å². The molecule has 146 valence electrons. The van der Waals surface area contributed by atoms with Gasteiger partial charge in [0.1, 0.15) is 11.5 Å². The van der Waals surface area contributed by atoms with Crippen LogP contribution in [-0.2, 0) is 11.3 Å². The standard InChI is InChI=1S/C22H29NO4/c1-25-22-6-3-2-5-18(22)16-26-13-4-14-27-19-9-7-17(8-10-19)20-11-12-23-15-21(20)24/h2-3,5-10,20-21,23-24H,4,11-16H2,1H3. The molecule has 1 aliphatic heterocycles. The van der Waals surface area contributed by atoms with Crippen LogP contribution in [0, 0.1) is 0 Å². The Labute approximate surface area is 161 Å². The van der Waals surface area contributed by atoms with Crippen molar-refractivity contribution >= 4 is 0 Å². The summed E-state index contributed by atoms with van der Waals surface area (Å²) in [6.45, 7) is 3.41. The first-order chi connectivity index (χ1) is 13.3. The highest BCUT2D eigenvalue weighted by atomic mass is 16.5. The molecule has 0 aromatic heterocycles. The number of aliphatic hydroxyl groups excluding tert-OH is 1. The summed E-state index contributed by atoms with van der Waals surface area (Å²) in [4.78, 5) is 0. The highest BCUT2D eigenvalue weighted by Crippen LogP contribution is 2.27. The van der Waals surface area contributed by atoms with E-state index in [4.69, 9.17) is 14.2 Å². The molecule has 2 aromatic carbocycles. The number of para-hydroxylation sites is 1. The minimum Gasteiger partial charge on any atom is -0.496 e. The Morgan fingerprint density at radius 3 is 2.67 bits per heavy atom. The molecule has 3 rings (SSSR count). The van der Waals surface area contributed by atoms with Gasteiger partial charge in [-0.15, -0.1) is 0 Å². The molecule has 0 spiro atoms. The van der Waals surface area contributed by atoms with Crippen molar-refractivity contribution in [1.29, 1.82) is 0 Å². The number of methoxy groups -OCH3 is 1. The van der Waals surface area contributed by atoms with Crippen molar-refractivity contribution in [3.8, 4) is 11.5 Å². The maximum absolute atomic E-state index is 10.1. The first-order valence-electron chi connectivity index (χ1n) is 9.59. The summed E-state index contributed by atoms with van der Waals surface area (Å²) >= 11 is 0. The van der Waals surface area contributed by atoms with Gasteiger partial charge in [-0.25, -0.2) is 0 Å². The molecule has 2 N–H and O–H groups in total. The Balaban J connectivity index is 1.35. The second-order valence-electron chi connectivity index (χ2n) is 6.80. The Hall–Kier alpha value is -2.08. The highest BCUT2D eigenvalue weighted by molar-refractivity contribution is 5.32. The Bertz CT molecular complexity index is 689. The molecule has 0 bridgehead atoms. The van der Waals surface area contributed by atoms with E-state index in [0.29, 0.717) is 26.4 Å². The summed E-state index contributed by atoms with van der Waals surface area (Å²) in [5.41, 5.74) is 2.23. The number of piperidine rings is 1. The number of β-amino-alcohol motifs (C(OH)–C–C–N with tert-alkyl or cyclic N) is 1. The highest BCUT2D eigenvalue weighted by Gasteiger charge is 2.24. The van der Waals surface area contributed by atoms with Gasteiger partial charge >= 0.3 is 0 Å². The molecule has 0 radical (unpaired) electrons. The largest absolute Gasteiger partial charge is 0.496 e. The van der Waals surface area contributed by atoms with Crippen molar-refractivity contribution < 1.29 is 19.3 Å². The van der Waals surface area contributed by atoms with Crippen molar-refractivity contribution in [2.24, 2.45) is 0 Å². The van der Waals surface area contributed by atoms with Crippen molar-refractivity contribution in [2.45, 2.75) is 31.5 Å². The predicted octanol–water partition coefficient (Wildman–Crippen LogP) is 3.12. The van der Waals surface area contributed by atoms with E-state index in [1.165, 1.54) is 5.56 Å².